The van der Waals surface area contributed by atoms with Crippen molar-refractivity contribution in [1.29, 1.82) is 0 Å². The van der Waals surface area contributed by atoms with Crippen LogP contribution in [-0.4, -0.2) is 39.6 Å². The minimum Gasteiger partial charge on any atom is -0.357 e. The van der Waals surface area contributed by atoms with Crippen molar-refractivity contribution in [2.24, 2.45) is 0 Å². The van der Waals surface area contributed by atoms with Gasteiger partial charge in [0.05, 0.1) is 0 Å². The molecule has 2 aromatic carbocycles. The van der Waals surface area contributed by atoms with Crippen molar-refractivity contribution >= 4 is 35.2 Å². The van der Waals surface area contributed by atoms with E-state index in [0.29, 0.717) is 29.2 Å². The van der Waals surface area contributed by atoms with Crippen LogP contribution in [0, 0.1) is 0 Å². The van der Waals surface area contributed by atoms with E-state index in [-0.39, 0.29) is 30.7 Å². The van der Waals surface area contributed by atoms with Crippen LogP contribution in [0.15, 0.2) is 54.7 Å². The second-order valence-electron chi connectivity index (χ2n) is 8.39. The third-order valence-corrected chi connectivity index (χ3v) is 6.36. The molecule has 5 rings (SSSR count). The number of aromatic nitrogens is 1. The molecule has 3 aromatic rings. The van der Waals surface area contributed by atoms with E-state index >= 15 is 0 Å². The summed E-state index contributed by atoms with van der Waals surface area (Å²) in [4.78, 5) is 53.5. The summed E-state index contributed by atoms with van der Waals surface area (Å²) in [5.41, 5.74) is 4.37. The average molecular weight is 477 g/mol. The Morgan fingerprint density at radius 1 is 1.09 bits per heavy atom. The SMILES string of the molecule is O=C1CCC(N2Cc3cc(CNC(=O)c4cc(-c5cccc(Cl)c5)c[nH]4)ccc3C2=O)C(=O)N1. The van der Waals surface area contributed by atoms with Gasteiger partial charge in [0.1, 0.15) is 11.7 Å². The second kappa shape index (κ2) is 8.79. The molecule has 34 heavy (non-hydrogen) atoms. The largest absolute Gasteiger partial charge is 0.357 e. The van der Waals surface area contributed by atoms with Gasteiger partial charge in [-0.2, -0.15) is 0 Å². The van der Waals surface area contributed by atoms with Crippen LogP contribution in [-0.2, 0) is 22.7 Å². The quantitative estimate of drug-likeness (QED) is 0.491. The Morgan fingerprint density at radius 3 is 2.74 bits per heavy atom. The number of hydrogen-bond donors (Lipinski definition) is 3. The maximum atomic E-state index is 12.8. The Balaban J connectivity index is 1.24. The molecular weight excluding hydrogens is 456 g/mol. The number of benzene rings is 2. The molecule has 0 radical (unpaired) electrons. The number of nitrogens with zero attached hydrogens (tertiary/aromatic N) is 1. The normalized spacial score (nSPS) is 17.5. The van der Waals surface area contributed by atoms with Gasteiger partial charge in [0.15, 0.2) is 0 Å². The second-order valence-corrected chi connectivity index (χ2v) is 8.82. The van der Waals surface area contributed by atoms with Gasteiger partial charge in [-0.1, -0.05) is 35.9 Å². The van der Waals surface area contributed by atoms with E-state index in [9.17, 15) is 19.2 Å². The third kappa shape index (κ3) is 4.20. The minimum atomic E-state index is -0.651. The van der Waals surface area contributed by atoms with E-state index in [2.05, 4.69) is 15.6 Å². The van der Waals surface area contributed by atoms with Gasteiger partial charge in [0.25, 0.3) is 11.8 Å². The molecule has 3 N–H and O–H groups in total. The molecule has 1 saturated heterocycles. The molecule has 3 heterocycles. The first-order valence-corrected chi connectivity index (χ1v) is 11.3. The van der Waals surface area contributed by atoms with E-state index < -0.39 is 11.9 Å². The van der Waals surface area contributed by atoms with Crippen LogP contribution in [0.25, 0.3) is 11.1 Å². The molecule has 0 saturated carbocycles. The zero-order chi connectivity index (χ0) is 23.8. The molecule has 0 bridgehead atoms. The summed E-state index contributed by atoms with van der Waals surface area (Å²) in [7, 11) is 0. The first-order valence-electron chi connectivity index (χ1n) is 10.9. The summed E-state index contributed by atoms with van der Waals surface area (Å²) in [5.74, 6) is -1.23. The van der Waals surface area contributed by atoms with Crippen LogP contribution in [0.5, 0.6) is 0 Å². The van der Waals surface area contributed by atoms with Crippen LogP contribution in [0.4, 0.5) is 0 Å². The summed E-state index contributed by atoms with van der Waals surface area (Å²) in [6.45, 7) is 0.575. The number of H-pyrrole nitrogens is 1. The van der Waals surface area contributed by atoms with Gasteiger partial charge in [-0.25, -0.2) is 0 Å². The highest BCUT2D eigenvalue weighted by Gasteiger charge is 2.39. The molecule has 1 unspecified atom stereocenters. The number of carbonyl (C=O) groups is 4. The molecule has 2 aliphatic rings. The molecule has 0 aliphatic carbocycles. The molecule has 0 spiro atoms. The number of hydrogen-bond acceptors (Lipinski definition) is 4. The molecule has 172 valence electrons. The molecule has 1 atom stereocenters. The van der Waals surface area contributed by atoms with Gasteiger partial charge in [-0.3, -0.25) is 24.5 Å². The first kappa shape index (κ1) is 21.9. The van der Waals surface area contributed by atoms with E-state index in [4.69, 9.17) is 11.6 Å². The topological polar surface area (TPSA) is 111 Å². The van der Waals surface area contributed by atoms with Crippen molar-refractivity contribution in [3.05, 3.63) is 82.1 Å². The Bertz CT molecular complexity index is 1330. The minimum absolute atomic E-state index is 0.214. The number of amides is 4. The highest BCUT2D eigenvalue weighted by Crippen LogP contribution is 2.28. The van der Waals surface area contributed by atoms with Crippen molar-refractivity contribution < 1.29 is 19.2 Å². The number of nitrogens with one attached hydrogen (secondary N) is 3. The Morgan fingerprint density at radius 2 is 1.94 bits per heavy atom. The molecule has 9 heteroatoms. The Kier molecular flexibility index (Phi) is 5.67. The fraction of sp³-hybridized carbons (Fsp3) is 0.200. The fourth-order valence-corrected chi connectivity index (χ4v) is 4.57. The van der Waals surface area contributed by atoms with Crippen molar-refractivity contribution in [2.45, 2.75) is 32.0 Å². The predicted octanol–water partition coefficient (Wildman–Crippen LogP) is 3.03. The Hall–Kier alpha value is -3.91. The van der Waals surface area contributed by atoms with Gasteiger partial charge in [0, 0.05) is 36.3 Å². The van der Waals surface area contributed by atoms with Crippen LogP contribution in [0.1, 0.15) is 44.8 Å². The third-order valence-electron chi connectivity index (χ3n) is 6.13. The summed E-state index contributed by atoms with van der Waals surface area (Å²) in [5, 5.41) is 5.80. The number of aromatic amines is 1. The van der Waals surface area contributed by atoms with Gasteiger partial charge < -0.3 is 15.2 Å². The van der Waals surface area contributed by atoms with Crippen LogP contribution >= 0.6 is 11.6 Å². The lowest BCUT2D eigenvalue weighted by molar-refractivity contribution is -0.136. The number of fused-ring (bicyclic) bond motifs is 1. The zero-order valence-corrected chi connectivity index (χ0v) is 18.8. The van der Waals surface area contributed by atoms with Crippen molar-refractivity contribution in [3.8, 4) is 11.1 Å². The molecule has 8 nitrogen and oxygen atoms in total. The summed E-state index contributed by atoms with van der Waals surface area (Å²) in [6.07, 6.45) is 2.29. The molecular formula is C25H21ClN4O4. The highest BCUT2D eigenvalue weighted by molar-refractivity contribution is 6.30. The number of piperidine rings is 1. The molecule has 2 aliphatic heterocycles. The highest BCUT2D eigenvalue weighted by atomic mass is 35.5. The fourth-order valence-electron chi connectivity index (χ4n) is 4.38. The van der Waals surface area contributed by atoms with Crippen molar-refractivity contribution in [2.75, 3.05) is 0 Å². The zero-order valence-electron chi connectivity index (χ0n) is 18.1. The molecule has 1 aromatic heterocycles. The lowest BCUT2D eigenvalue weighted by Crippen LogP contribution is -2.52. The number of halogens is 1. The smallest absolute Gasteiger partial charge is 0.267 e. The standard InChI is InChI=1S/C25H21ClN4O4/c26-18-3-1-2-15(9-18)16-10-20(27-12-16)23(32)28-11-14-4-5-19-17(8-14)13-30(25(19)34)21-6-7-22(31)29-24(21)33/h1-5,8-10,12,21,27H,6-7,11,13H2,(H,28,32)(H,29,31,33). The first-order chi connectivity index (χ1) is 16.4. The molecule has 4 amide bonds. The predicted molar refractivity (Wildman–Crippen MR) is 125 cm³/mol. The number of carbonyl (C=O) groups excluding carboxylic acids is 4. The lowest BCUT2D eigenvalue weighted by Gasteiger charge is -2.29. The lowest BCUT2D eigenvalue weighted by atomic mass is 10.0. The van der Waals surface area contributed by atoms with Crippen molar-refractivity contribution in [3.63, 3.8) is 0 Å². The van der Waals surface area contributed by atoms with E-state index in [1.165, 1.54) is 4.90 Å². The van der Waals surface area contributed by atoms with Crippen molar-refractivity contribution in [1.82, 2.24) is 20.5 Å². The van der Waals surface area contributed by atoms with E-state index in [1.54, 1.807) is 30.5 Å². The maximum Gasteiger partial charge on any atom is 0.267 e. The average Bonchev–Trinajstić information content (AvgIpc) is 3.43. The van der Waals surface area contributed by atoms with Gasteiger partial charge in [-0.15, -0.1) is 0 Å². The number of rotatable bonds is 5. The van der Waals surface area contributed by atoms with Gasteiger partial charge >= 0.3 is 0 Å². The van der Waals surface area contributed by atoms with Crippen LogP contribution in [0.2, 0.25) is 5.02 Å². The van der Waals surface area contributed by atoms with Gasteiger partial charge in [-0.05, 0) is 52.9 Å². The Labute approximate surface area is 200 Å². The summed E-state index contributed by atoms with van der Waals surface area (Å²) >= 11 is 6.05. The number of imide groups is 1. The monoisotopic (exact) mass is 476 g/mol. The van der Waals surface area contributed by atoms with E-state index in [1.807, 2.05) is 24.3 Å². The van der Waals surface area contributed by atoms with E-state index in [0.717, 1.165) is 22.3 Å². The maximum absolute atomic E-state index is 12.8. The summed E-state index contributed by atoms with van der Waals surface area (Å²) in [6, 6.07) is 13.9. The van der Waals surface area contributed by atoms with Gasteiger partial charge in [0.2, 0.25) is 11.8 Å². The molecule has 1 fully saturated rings. The van der Waals surface area contributed by atoms with Crippen LogP contribution in [0.3, 0.4) is 0 Å². The summed E-state index contributed by atoms with van der Waals surface area (Å²) < 4.78 is 0. The van der Waals surface area contributed by atoms with Crippen LogP contribution < -0.4 is 10.6 Å².